The van der Waals surface area contributed by atoms with E-state index in [2.05, 4.69) is 15.9 Å². The molecule has 3 nitrogen and oxygen atoms in total. The number of hydrogen-bond acceptors (Lipinski definition) is 3. The van der Waals surface area contributed by atoms with Gasteiger partial charge in [-0.25, -0.2) is 8.42 Å². The Balaban J connectivity index is 3.12. The molecule has 5 heteroatoms. The van der Waals surface area contributed by atoms with Crippen molar-refractivity contribution in [3.63, 3.8) is 0 Å². The summed E-state index contributed by atoms with van der Waals surface area (Å²) in [4.78, 5) is 0. The fourth-order valence-corrected chi connectivity index (χ4v) is 2.06. The maximum absolute atomic E-state index is 11.5. The van der Waals surface area contributed by atoms with Gasteiger partial charge in [-0.3, -0.25) is 0 Å². The lowest BCUT2D eigenvalue weighted by molar-refractivity contribution is 0.168. The van der Waals surface area contributed by atoms with Crippen molar-refractivity contribution in [1.29, 1.82) is 0 Å². The van der Waals surface area contributed by atoms with Crippen molar-refractivity contribution < 1.29 is 13.5 Å². The lowest BCUT2D eigenvalue weighted by atomic mass is 10.1. The first kappa shape index (κ1) is 13.7. The summed E-state index contributed by atoms with van der Waals surface area (Å²) in [5.74, 6) is 0. The highest BCUT2D eigenvalue weighted by atomic mass is 79.9. The number of benzene rings is 1. The van der Waals surface area contributed by atoms with Crippen molar-refractivity contribution >= 4 is 25.8 Å². The van der Waals surface area contributed by atoms with E-state index < -0.39 is 19.6 Å². The molecule has 0 bridgehead atoms. The minimum atomic E-state index is -3.39. The molecule has 0 saturated heterocycles. The van der Waals surface area contributed by atoms with Gasteiger partial charge in [0.2, 0.25) is 0 Å². The summed E-state index contributed by atoms with van der Waals surface area (Å²) in [7, 11) is -3.39. The predicted octanol–water partition coefficient (Wildman–Crippen LogP) is 2.18. The quantitative estimate of drug-likeness (QED) is 0.871. The Kier molecular flexibility index (Phi) is 3.82. The average Bonchev–Trinajstić information content (AvgIpc) is 2.16. The number of alkyl halides is 1. The van der Waals surface area contributed by atoms with Gasteiger partial charge in [-0.2, -0.15) is 0 Å². The standard InChI is InChI=1S/C11H15BrO3S/c1-8-4-6-9(7-5-8)10(13)11(2,12)16(3,14)15/h4-7,10,13H,1-3H3/t10-,11-/m1/s1. The number of aliphatic hydroxyl groups is 1. The van der Waals surface area contributed by atoms with E-state index in [1.54, 1.807) is 12.1 Å². The molecule has 0 saturated carbocycles. The summed E-state index contributed by atoms with van der Waals surface area (Å²) in [5.41, 5.74) is 1.64. The van der Waals surface area contributed by atoms with Gasteiger partial charge >= 0.3 is 0 Å². The molecule has 0 heterocycles. The second-order valence-corrected chi connectivity index (χ2v) is 8.64. The molecule has 0 aliphatic rings. The first-order chi connectivity index (χ1) is 7.16. The van der Waals surface area contributed by atoms with Crippen LogP contribution in [-0.2, 0) is 9.84 Å². The summed E-state index contributed by atoms with van der Waals surface area (Å²) in [5, 5.41) is 10.0. The molecule has 0 aliphatic carbocycles. The summed E-state index contributed by atoms with van der Waals surface area (Å²) >= 11 is 3.09. The van der Waals surface area contributed by atoms with Crippen LogP contribution in [0.3, 0.4) is 0 Å². The van der Waals surface area contributed by atoms with Crippen LogP contribution in [0.4, 0.5) is 0 Å². The van der Waals surface area contributed by atoms with Gasteiger partial charge in [0.1, 0.15) is 6.10 Å². The molecule has 16 heavy (non-hydrogen) atoms. The molecule has 1 N–H and O–H groups in total. The van der Waals surface area contributed by atoms with Crippen LogP contribution in [-0.4, -0.2) is 23.4 Å². The van der Waals surface area contributed by atoms with Crippen LogP contribution in [0.15, 0.2) is 24.3 Å². The Morgan fingerprint density at radius 2 is 1.75 bits per heavy atom. The number of sulfone groups is 1. The van der Waals surface area contributed by atoms with Crippen LogP contribution in [0.1, 0.15) is 24.2 Å². The molecule has 0 radical (unpaired) electrons. The summed E-state index contributed by atoms with van der Waals surface area (Å²) in [6, 6.07) is 7.13. The van der Waals surface area contributed by atoms with Gasteiger partial charge in [0.15, 0.2) is 13.5 Å². The van der Waals surface area contributed by atoms with Crippen LogP contribution in [0.2, 0.25) is 0 Å². The SMILES string of the molecule is Cc1ccc([C@@H](O)[C@](C)(Br)S(C)(=O)=O)cc1. The molecule has 0 aromatic heterocycles. The van der Waals surface area contributed by atoms with Crippen LogP contribution in [0.5, 0.6) is 0 Å². The number of hydrogen-bond donors (Lipinski definition) is 1. The predicted molar refractivity (Wildman–Crippen MR) is 68.3 cm³/mol. The van der Waals surface area contributed by atoms with Crippen molar-refractivity contribution in [2.45, 2.75) is 23.6 Å². The van der Waals surface area contributed by atoms with Crippen molar-refractivity contribution in [3.8, 4) is 0 Å². The lowest BCUT2D eigenvalue weighted by Gasteiger charge is -2.26. The summed E-state index contributed by atoms with van der Waals surface area (Å²) in [6.07, 6.45) is 0.00204. The molecular formula is C11H15BrO3S. The van der Waals surface area contributed by atoms with E-state index in [1.165, 1.54) is 6.92 Å². The Morgan fingerprint density at radius 3 is 2.12 bits per heavy atom. The normalized spacial score (nSPS) is 17.8. The highest BCUT2D eigenvalue weighted by molar-refractivity contribution is 9.11. The monoisotopic (exact) mass is 306 g/mol. The highest BCUT2D eigenvalue weighted by Gasteiger charge is 2.41. The first-order valence-corrected chi connectivity index (χ1v) is 7.48. The zero-order valence-electron chi connectivity index (χ0n) is 9.44. The van der Waals surface area contributed by atoms with E-state index in [0.29, 0.717) is 5.56 Å². The van der Waals surface area contributed by atoms with Gasteiger partial charge in [-0.1, -0.05) is 45.8 Å². The number of halogens is 1. The van der Waals surface area contributed by atoms with E-state index in [1.807, 2.05) is 19.1 Å². The van der Waals surface area contributed by atoms with E-state index >= 15 is 0 Å². The summed E-state index contributed by atoms with van der Waals surface area (Å²) in [6.45, 7) is 3.38. The molecule has 0 spiro atoms. The van der Waals surface area contributed by atoms with E-state index in [-0.39, 0.29) is 0 Å². The van der Waals surface area contributed by atoms with Crippen molar-refractivity contribution in [2.24, 2.45) is 0 Å². The van der Waals surface area contributed by atoms with Gasteiger partial charge < -0.3 is 5.11 Å². The van der Waals surface area contributed by atoms with Gasteiger partial charge in [0.05, 0.1) is 0 Å². The van der Waals surface area contributed by atoms with Crippen LogP contribution in [0, 0.1) is 6.92 Å². The number of aryl methyl sites for hydroxylation is 1. The first-order valence-electron chi connectivity index (χ1n) is 4.79. The minimum Gasteiger partial charge on any atom is -0.386 e. The highest BCUT2D eigenvalue weighted by Crippen LogP contribution is 2.37. The molecule has 1 aromatic rings. The Labute approximate surface area is 105 Å². The molecule has 0 unspecified atom stereocenters. The molecule has 1 rings (SSSR count). The molecule has 0 aliphatic heterocycles. The molecule has 1 aromatic carbocycles. The topological polar surface area (TPSA) is 54.4 Å². The van der Waals surface area contributed by atoms with E-state index in [4.69, 9.17) is 0 Å². The average molecular weight is 307 g/mol. The zero-order valence-corrected chi connectivity index (χ0v) is 11.8. The largest absolute Gasteiger partial charge is 0.386 e. The Hall–Kier alpha value is -0.390. The number of aliphatic hydroxyl groups excluding tert-OH is 1. The van der Waals surface area contributed by atoms with Gasteiger partial charge in [-0.15, -0.1) is 0 Å². The Bertz CT molecular complexity index is 463. The molecule has 90 valence electrons. The Morgan fingerprint density at radius 1 is 1.31 bits per heavy atom. The van der Waals surface area contributed by atoms with Gasteiger partial charge in [0.25, 0.3) is 0 Å². The van der Waals surface area contributed by atoms with Crippen LogP contribution in [0.25, 0.3) is 0 Å². The third-order valence-electron chi connectivity index (χ3n) is 2.61. The van der Waals surface area contributed by atoms with E-state index in [9.17, 15) is 13.5 Å². The second-order valence-electron chi connectivity index (χ2n) is 4.07. The smallest absolute Gasteiger partial charge is 0.165 e. The fraction of sp³-hybridized carbons (Fsp3) is 0.455. The number of rotatable bonds is 3. The molecular weight excluding hydrogens is 292 g/mol. The lowest BCUT2D eigenvalue weighted by Crippen LogP contribution is -2.34. The second kappa shape index (κ2) is 4.47. The third kappa shape index (κ3) is 2.64. The van der Waals surface area contributed by atoms with Crippen molar-refractivity contribution in [2.75, 3.05) is 6.26 Å². The van der Waals surface area contributed by atoms with Crippen LogP contribution >= 0.6 is 15.9 Å². The van der Waals surface area contributed by atoms with Crippen molar-refractivity contribution in [1.82, 2.24) is 0 Å². The minimum absolute atomic E-state index is 0.579. The van der Waals surface area contributed by atoms with Gasteiger partial charge in [-0.05, 0) is 19.4 Å². The molecule has 0 amide bonds. The van der Waals surface area contributed by atoms with Gasteiger partial charge in [0, 0.05) is 6.26 Å². The zero-order chi connectivity index (χ0) is 12.6. The maximum atomic E-state index is 11.5. The third-order valence-corrected chi connectivity index (χ3v) is 6.48. The van der Waals surface area contributed by atoms with E-state index in [0.717, 1.165) is 11.8 Å². The summed E-state index contributed by atoms with van der Waals surface area (Å²) < 4.78 is 21.7. The maximum Gasteiger partial charge on any atom is 0.165 e. The fourth-order valence-electron chi connectivity index (χ4n) is 1.25. The molecule has 0 fully saturated rings. The van der Waals surface area contributed by atoms with Crippen molar-refractivity contribution in [3.05, 3.63) is 35.4 Å². The molecule has 2 atom stereocenters. The van der Waals surface area contributed by atoms with Crippen LogP contribution < -0.4 is 0 Å².